The maximum atomic E-state index is 12.0. The fraction of sp³-hybridized carbons (Fsp3) is 0.294. The van der Waals surface area contributed by atoms with Crippen molar-refractivity contribution in [1.82, 2.24) is 10.3 Å². The lowest BCUT2D eigenvalue weighted by atomic mass is 10.2. The average Bonchev–Trinajstić information content (AvgIpc) is 2.97. The molecule has 1 aliphatic rings. The normalized spacial score (nSPS) is 14.6. The van der Waals surface area contributed by atoms with E-state index in [0.717, 1.165) is 13.0 Å². The van der Waals surface area contributed by atoms with E-state index in [0.29, 0.717) is 12.2 Å². The van der Waals surface area contributed by atoms with Gasteiger partial charge >= 0.3 is 0 Å². The molecule has 2 heterocycles. The first-order valence-electron chi connectivity index (χ1n) is 7.29. The molecular formula is C17H19N3O. The smallest absolute Gasteiger partial charge is 0.269 e. The highest BCUT2D eigenvalue weighted by Crippen LogP contribution is 2.28. The number of para-hydroxylation sites is 1. The molecule has 21 heavy (non-hydrogen) atoms. The molecule has 0 radical (unpaired) electrons. The summed E-state index contributed by atoms with van der Waals surface area (Å²) in [6.07, 6.45) is 2.71. The van der Waals surface area contributed by atoms with Crippen LogP contribution in [0.1, 0.15) is 23.0 Å². The first kappa shape index (κ1) is 13.6. The van der Waals surface area contributed by atoms with E-state index in [4.69, 9.17) is 0 Å². The fourth-order valence-corrected chi connectivity index (χ4v) is 2.76. The van der Waals surface area contributed by atoms with Crippen LogP contribution in [0.4, 0.5) is 5.69 Å². The average molecular weight is 281 g/mol. The SMILES string of the molecule is C[C@@H](CNC(=O)c1ccccn1)N1CCc2ccccc21. The van der Waals surface area contributed by atoms with Gasteiger partial charge in [0.25, 0.3) is 5.91 Å². The van der Waals surface area contributed by atoms with E-state index in [1.165, 1.54) is 11.3 Å². The van der Waals surface area contributed by atoms with E-state index >= 15 is 0 Å². The summed E-state index contributed by atoms with van der Waals surface area (Å²) in [6, 6.07) is 14.1. The van der Waals surface area contributed by atoms with Gasteiger partial charge in [-0.15, -0.1) is 0 Å². The van der Waals surface area contributed by atoms with Gasteiger partial charge in [0.05, 0.1) is 0 Å². The summed E-state index contributed by atoms with van der Waals surface area (Å²) >= 11 is 0. The van der Waals surface area contributed by atoms with Crippen LogP contribution >= 0.6 is 0 Å². The van der Waals surface area contributed by atoms with Gasteiger partial charge in [0.15, 0.2) is 0 Å². The molecule has 0 spiro atoms. The predicted octanol–water partition coefficient (Wildman–Crippen LogP) is 2.26. The first-order chi connectivity index (χ1) is 10.3. The highest BCUT2D eigenvalue weighted by atomic mass is 16.1. The monoisotopic (exact) mass is 281 g/mol. The summed E-state index contributed by atoms with van der Waals surface area (Å²) in [5, 5.41) is 2.96. The van der Waals surface area contributed by atoms with Crippen LogP contribution in [0, 0.1) is 0 Å². The third-order valence-electron chi connectivity index (χ3n) is 3.91. The van der Waals surface area contributed by atoms with Gasteiger partial charge in [-0.25, -0.2) is 0 Å². The minimum absolute atomic E-state index is 0.116. The molecule has 4 heteroatoms. The second-order valence-electron chi connectivity index (χ2n) is 5.35. The van der Waals surface area contributed by atoms with Crippen molar-refractivity contribution in [1.29, 1.82) is 0 Å². The number of aromatic nitrogens is 1. The highest BCUT2D eigenvalue weighted by molar-refractivity contribution is 5.92. The molecule has 2 aromatic rings. The summed E-state index contributed by atoms with van der Waals surface area (Å²) in [7, 11) is 0. The molecule has 1 aromatic carbocycles. The number of carbonyl (C=O) groups excluding carboxylic acids is 1. The van der Waals surface area contributed by atoms with Crippen molar-refractivity contribution in [2.45, 2.75) is 19.4 Å². The van der Waals surface area contributed by atoms with E-state index in [2.05, 4.69) is 46.4 Å². The minimum atomic E-state index is -0.116. The number of amides is 1. The maximum absolute atomic E-state index is 12.0. The molecule has 0 unspecified atom stereocenters. The Kier molecular flexibility index (Phi) is 3.86. The third-order valence-corrected chi connectivity index (χ3v) is 3.91. The summed E-state index contributed by atoms with van der Waals surface area (Å²) in [6.45, 7) is 3.77. The van der Waals surface area contributed by atoms with Crippen LogP contribution in [0.2, 0.25) is 0 Å². The Labute approximate surface area is 124 Å². The number of anilines is 1. The Morgan fingerprint density at radius 1 is 1.29 bits per heavy atom. The zero-order valence-corrected chi connectivity index (χ0v) is 12.1. The number of rotatable bonds is 4. The van der Waals surface area contributed by atoms with Gasteiger partial charge in [0.1, 0.15) is 5.69 Å². The number of benzene rings is 1. The molecule has 0 saturated carbocycles. The molecule has 1 aromatic heterocycles. The van der Waals surface area contributed by atoms with Crippen molar-refractivity contribution >= 4 is 11.6 Å². The first-order valence-corrected chi connectivity index (χ1v) is 7.29. The Morgan fingerprint density at radius 3 is 2.90 bits per heavy atom. The van der Waals surface area contributed by atoms with Crippen LogP contribution in [0.15, 0.2) is 48.7 Å². The minimum Gasteiger partial charge on any atom is -0.366 e. The molecular weight excluding hydrogens is 262 g/mol. The van der Waals surface area contributed by atoms with Crippen molar-refractivity contribution in [3.8, 4) is 0 Å². The van der Waals surface area contributed by atoms with Crippen molar-refractivity contribution in [2.75, 3.05) is 18.0 Å². The molecule has 0 fully saturated rings. The van der Waals surface area contributed by atoms with E-state index in [1.807, 2.05) is 6.07 Å². The van der Waals surface area contributed by atoms with Crippen LogP contribution < -0.4 is 10.2 Å². The number of hydrogen-bond donors (Lipinski definition) is 1. The van der Waals surface area contributed by atoms with Crippen LogP contribution in [0.3, 0.4) is 0 Å². The Balaban J connectivity index is 1.61. The molecule has 1 atom stereocenters. The summed E-state index contributed by atoms with van der Waals surface area (Å²) in [4.78, 5) is 18.4. The lowest BCUT2D eigenvalue weighted by molar-refractivity contribution is 0.0946. The van der Waals surface area contributed by atoms with Crippen molar-refractivity contribution in [2.24, 2.45) is 0 Å². The molecule has 1 amide bonds. The topological polar surface area (TPSA) is 45.2 Å². The predicted molar refractivity (Wildman–Crippen MR) is 83.5 cm³/mol. The lowest BCUT2D eigenvalue weighted by Crippen LogP contribution is -2.41. The Bertz CT molecular complexity index is 627. The van der Waals surface area contributed by atoms with Gasteiger partial charge in [0, 0.05) is 31.0 Å². The fourth-order valence-electron chi connectivity index (χ4n) is 2.76. The second kappa shape index (κ2) is 5.95. The van der Waals surface area contributed by atoms with Crippen molar-refractivity contribution in [3.05, 3.63) is 59.9 Å². The van der Waals surface area contributed by atoms with E-state index in [1.54, 1.807) is 18.3 Å². The highest BCUT2D eigenvalue weighted by Gasteiger charge is 2.23. The molecule has 3 rings (SSSR count). The molecule has 0 saturated heterocycles. The van der Waals surface area contributed by atoms with Crippen LogP contribution in [-0.4, -0.2) is 30.0 Å². The number of nitrogens with zero attached hydrogens (tertiary/aromatic N) is 2. The zero-order chi connectivity index (χ0) is 14.7. The molecule has 4 nitrogen and oxygen atoms in total. The van der Waals surface area contributed by atoms with Crippen LogP contribution in [0.25, 0.3) is 0 Å². The Hall–Kier alpha value is -2.36. The van der Waals surface area contributed by atoms with E-state index in [9.17, 15) is 4.79 Å². The lowest BCUT2D eigenvalue weighted by Gasteiger charge is -2.27. The number of pyridine rings is 1. The van der Waals surface area contributed by atoms with Gasteiger partial charge in [0.2, 0.25) is 0 Å². The van der Waals surface area contributed by atoms with Gasteiger partial charge in [-0.3, -0.25) is 9.78 Å². The van der Waals surface area contributed by atoms with E-state index < -0.39 is 0 Å². The van der Waals surface area contributed by atoms with Gasteiger partial charge < -0.3 is 10.2 Å². The van der Waals surface area contributed by atoms with Gasteiger partial charge in [-0.2, -0.15) is 0 Å². The van der Waals surface area contributed by atoms with Gasteiger partial charge in [-0.05, 0) is 37.1 Å². The summed E-state index contributed by atoms with van der Waals surface area (Å²) in [5.74, 6) is -0.116. The van der Waals surface area contributed by atoms with Gasteiger partial charge in [-0.1, -0.05) is 24.3 Å². The number of hydrogen-bond acceptors (Lipinski definition) is 3. The number of nitrogens with one attached hydrogen (secondary N) is 1. The second-order valence-corrected chi connectivity index (χ2v) is 5.35. The maximum Gasteiger partial charge on any atom is 0.269 e. The van der Waals surface area contributed by atoms with Crippen LogP contribution in [0.5, 0.6) is 0 Å². The van der Waals surface area contributed by atoms with Crippen LogP contribution in [-0.2, 0) is 6.42 Å². The Morgan fingerprint density at radius 2 is 2.10 bits per heavy atom. The summed E-state index contributed by atoms with van der Waals surface area (Å²) in [5.41, 5.74) is 3.14. The quantitative estimate of drug-likeness (QED) is 0.935. The molecule has 1 N–H and O–H groups in total. The van der Waals surface area contributed by atoms with E-state index in [-0.39, 0.29) is 11.9 Å². The third kappa shape index (κ3) is 2.89. The number of fused-ring (bicyclic) bond motifs is 1. The molecule has 0 bridgehead atoms. The molecule has 108 valence electrons. The standard InChI is InChI=1S/C17H19N3O/c1-13(12-19-17(21)15-7-4-5-10-18-15)20-11-9-14-6-2-3-8-16(14)20/h2-8,10,13H,9,11-12H2,1H3,(H,19,21)/t13-/m0/s1. The molecule has 0 aliphatic carbocycles. The van der Waals surface area contributed by atoms with Crippen molar-refractivity contribution in [3.63, 3.8) is 0 Å². The largest absolute Gasteiger partial charge is 0.366 e. The summed E-state index contributed by atoms with van der Waals surface area (Å²) < 4.78 is 0. The zero-order valence-electron chi connectivity index (χ0n) is 12.1. The number of carbonyl (C=O) groups is 1. The van der Waals surface area contributed by atoms with Crippen molar-refractivity contribution < 1.29 is 4.79 Å². The molecule has 1 aliphatic heterocycles.